The first-order valence-corrected chi connectivity index (χ1v) is 11.7. The zero-order chi connectivity index (χ0) is 22.1. The van der Waals surface area contributed by atoms with Crippen molar-refractivity contribution in [2.24, 2.45) is 11.8 Å². The lowest BCUT2D eigenvalue weighted by Crippen LogP contribution is -2.48. The zero-order valence-electron chi connectivity index (χ0n) is 18.4. The van der Waals surface area contributed by atoms with Gasteiger partial charge in [-0.1, -0.05) is 30.7 Å². The molecule has 3 aromatic rings. The van der Waals surface area contributed by atoms with E-state index in [2.05, 4.69) is 38.2 Å². The number of halogens is 1. The fourth-order valence-corrected chi connectivity index (χ4v) is 5.03. The van der Waals surface area contributed by atoms with Gasteiger partial charge in [0.2, 0.25) is 5.95 Å². The second-order valence-corrected chi connectivity index (χ2v) is 9.07. The average Bonchev–Trinajstić information content (AvgIpc) is 3.25. The molecule has 2 bridgehead atoms. The van der Waals surface area contributed by atoms with Crippen LogP contribution in [0.3, 0.4) is 0 Å². The van der Waals surface area contributed by atoms with Crippen LogP contribution in [0.25, 0.3) is 0 Å². The third kappa shape index (κ3) is 4.24. The maximum Gasteiger partial charge on any atom is 0.322 e. The van der Waals surface area contributed by atoms with Crippen LogP contribution in [0, 0.1) is 18.8 Å². The lowest BCUT2D eigenvalue weighted by Gasteiger charge is -2.38. The summed E-state index contributed by atoms with van der Waals surface area (Å²) in [7, 11) is 0. The van der Waals surface area contributed by atoms with E-state index < -0.39 is 0 Å². The number of hydrogen-bond acceptors (Lipinski definition) is 7. The van der Waals surface area contributed by atoms with Gasteiger partial charge in [-0.2, -0.15) is 4.98 Å². The van der Waals surface area contributed by atoms with Crippen LogP contribution in [0.4, 0.5) is 11.8 Å². The Balaban J connectivity index is 1.32. The fourth-order valence-electron chi connectivity index (χ4n) is 4.86. The third-order valence-corrected chi connectivity index (χ3v) is 6.67. The summed E-state index contributed by atoms with van der Waals surface area (Å²) < 4.78 is 7.82. The Kier molecular flexibility index (Phi) is 5.87. The van der Waals surface area contributed by atoms with Crippen LogP contribution in [-0.2, 0) is 6.54 Å². The van der Waals surface area contributed by atoms with Crippen molar-refractivity contribution >= 4 is 23.4 Å². The van der Waals surface area contributed by atoms with Crippen LogP contribution < -0.4 is 15.0 Å². The summed E-state index contributed by atoms with van der Waals surface area (Å²) in [4.78, 5) is 15.8. The van der Waals surface area contributed by atoms with Gasteiger partial charge in [0.05, 0.1) is 5.02 Å². The molecule has 32 heavy (non-hydrogen) atoms. The molecule has 9 heteroatoms. The molecule has 3 heterocycles. The summed E-state index contributed by atoms with van der Waals surface area (Å²) in [6.45, 7) is 6.80. The SMILES string of the molecule is CCCn1nc(NC2C3CCC2CN(c2cc(C)ncn2)C3)nc1Oc1ccccc1Cl. The number of aromatic nitrogens is 5. The summed E-state index contributed by atoms with van der Waals surface area (Å²) in [5.41, 5.74) is 0.999. The number of piperidine rings is 1. The minimum absolute atomic E-state index is 0.347. The van der Waals surface area contributed by atoms with Gasteiger partial charge < -0.3 is 15.0 Å². The number of nitrogens with zero attached hydrogens (tertiary/aromatic N) is 6. The smallest absolute Gasteiger partial charge is 0.322 e. The quantitative estimate of drug-likeness (QED) is 0.561. The number of anilines is 2. The van der Waals surface area contributed by atoms with E-state index in [1.807, 2.05) is 29.8 Å². The number of hydrogen-bond donors (Lipinski definition) is 1. The molecule has 0 spiro atoms. The molecule has 1 aliphatic heterocycles. The predicted octanol–water partition coefficient (Wildman–Crippen LogP) is 4.56. The van der Waals surface area contributed by atoms with Crippen LogP contribution in [0.2, 0.25) is 5.02 Å². The van der Waals surface area contributed by atoms with Crippen molar-refractivity contribution in [1.82, 2.24) is 24.7 Å². The molecule has 2 aromatic heterocycles. The molecule has 1 N–H and O–H groups in total. The number of fused-ring (bicyclic) bond motifs is 2. The first-order chi connectivity index (χ1) is 15.6. The van der Waals surface area contributed by atoms with Crippen LogP contribution in [0.15, 0.2) is 36.7 Å². The van der Waals surface area contributed by atoms with Crippen molar-refractivity contribution < 1.29 is 4.74 Å². The molecule has 2 unspecified atom stereocenters. The van der Waals surface area contributed by atoms with Gasteiger partial charge in [-0.25, -0.2) is 14.6 Å². The molecule has 168 valence electrons. The van der Waals surface area contributed by atoms with E-state index in [4.69, 9.17) is 21.4 Å². The Hall–Kier alpha value is -2.87. The second kappa shape index (κ2) is 8.94. The molecule has 5 rings (SSSR count). The van der Waals surface area contributed by atoms with Gasteiger partial charge in [0, 0.05) is 37.4 Å². The van der Waals surface area contributed by atoms with Crippen molar-refractivity contribution in [3.63, 3.8) is 0 Å². The van der Waals surface area contributed by atoms with Crippen LogP contribution in [0.5, 0.6) is 11.8 Å². The van der Waals surface area contributed by atoms with E-state index in [9.17, 15) is 0 Å². The molecule has 0 amide bonds. The van der Waals surface area contributed by atoms with Crippen molar-refractivity contribution in [2.75, 3.05) is 23.3 Å². The first-order valence-electron chi connectivity index (χ1n) is 11.3. The molecule has 1 aliphatic carbocycles. The summed E-state index contributed by atoms with van der Waals surface area (Å²) in [6.07, 6.45) is 4.98. The van der Waals surface area contributed by atoms with Gasteiger partial charge >= 0.3 is 6.01 Å². The molecule has 1 saturated carbocycles. The van der Waals surface area contributed by atoms with Crippen molar-refractivity contribution in [1.29, 1.82) is 0 Å². The standard InChI is InChI=1S/C23H28ClN7O/c1-3-10-31-23(32-19-7-5-4-6-18(19)24)28-22(29-31)27-21-16-8-9-17(21)13-30(12-16)20-11-15(2)25-14-26-20/h4-7,11,14,16-17,21H,3,8-10,12-13H2,1-2H3,(H,27,29). The first kappa shape index (κ1) is 21.0. The third-order valence-electron chi connectivity index (χ3n) is 6.35. The maximum atomic E-state index is 6.27. The molecule has 1 saturated heterocycles. The molecule has 2 fully saturated rings. The Labute approximate surface area is 193 Å². The normalized spacial score (nSPS) is 22.2. The minimum atomic E-state index is 0.347. The Morgan fingerprint density at radius 3 is 2.66 bits per heavy atom. The zero-order valence-corrected chi connectivity index (χ0v) is 19.2. The molecular weight excluding hydrogens is 426 g/mol. The minimum Gasteiger partial charge on any atom is -0.423 e. The van der Waals surface area contributed by atoms with E-state index >= 15 is 0 Å². The van der Waals surface area contributed by atoms with Crippen LogP contribution in [-0.4, -0.2) is 43.9 Å². The lowest BCUT2D eigenvalue weighted by molar-refractivity contribution is 0.374. The van der Waals surface area contributed by atoms with E-state index in [1.54, 1.807) is 12.4 Å². The summed E-state index contributed by atoms with van der Waals surface area (Å²) in [6, 6.07) is 10.3. The van der Waals surface area contributed by atoms with E-state index in [1.165, 1.54) is 12.8 Å². The second-order valence-electron chi connectivity index (χ2n) is 8.66. The van der Waals surface area contributed by atoms with Crippen molar-refractivity contribution in [3.8, 4) is 11.8 Å². The number of nitrogens with one attached hydrogen (secondary N) is 1. The molecule has 0 radical (unpaired) electrons. The summed E-state index contributed by atoms with van der Waals surface area (Å²) >= 11 is 6.27. The molecule has 2 aliphatic rings. The lowest BCUT2D eigenvalue weighted by atomic mass is 9.92. The van der Waals surface area contributed by atoms with Crippen molar-refractivity contribution in [3.05, 3.63) is 47.4 Å². The van der Waals surface area contributed by atoms with E-state index in [-0.39, 0.29) is 0 Å². The number of benzene rings is 1. The van der Waals surface area contributed by atoms with Gasteiger partial charge in [-0.05, 0) is 50.2 Å². The highest BCUT2D eigenvalue weighted by atomic mass is 35.5. The van der Waals surface area contributed by atoms with Crippen molar-refractivity contribution in [2.45, 2.75) is 45.7 Å². The summed E-state index contributed by atoms with van der Waals surface area (Å²) in [5, 5.41) is 8.88. The average molecular weight is 454 g/mol. The van der Waals surface area contributed by atoms with Gasteiger partial charge in [-0.3, -0.25) is 0 Å². The van der Waals surface area contributed by atoms with E-state index in [0.29, 0.717) is 40.6 Å². The van der Waals surface area contributed by atoms with Crippen LogP contribution >= 0.6 is 11.6 Å². The monoisotopic (exact) mass is 453 g/mol. The fraction of sp³-hybridized carbons (Fsp3) is 0.478. The highest BCUT2D eigenvalue weighted by molar-refractivity contribution is 6.32. The van der Waals surface area contributed by atoms with Gasteiger partial charge in [0.25, 0.3) is 0 Å². The number of aryl methyl sites for hydroxylation is 2. The Morgan fingerprint density at radius 1 is 1.16 bits per heavy atom. The van der Waals surface area contributed by atoms with E-state index in [0.717, 1.165) is 37.6 Å². The number of ether oxygens (including phenoxy) is 1. The molecular formula is C23H28ClN7O. The largest absolute Gasteiger partial charge is 0.423 e. The Morgan fingerprint density at radius 2 is 1.94 bits per heavy atom. The molecule has 1 aromatic carbocycles. The van der Waals surface area contributed by atoms with Gasteiger partial charge in [-0.15, -0.1) is 5.10 Å². The summed E-state index contributed by atoms with van der Waals surface area (Å²) in [5.74, 6) is 3.27. The number of para-hydroxylation sites is 1. The maximum absolute atomic E-state index is 6.27. The molecule has 8 nitrogen and oxygen atoms in total. The topological polar surface area (TPSA) is 81.0 Å². The Bertz CT molecular complexity index is 1070. The highest BCUT2D eigenvalue weighted by Crippen LogP contribution is 2.40. The van der Waals surface area contributed by atoms with Gasteiger partial charge in [0.15, 0.2) is 0 Å². The number of rotatable bonds is 7. The molecule has 2 atom stereocenters. The van der Waals surface area contributed by atoms with Gasteiger partial charge in [0.1, 0.15) is 17.9 Å². The van der Waals surface area contributed by atoms with Crippen LogP contribution in [0.1, 0.15) is 31.9 Å². The highest BCUT2D eigenvalue weighted by Gasteiger charge is 2.43. The predicted molar refractivity (Wildman–Crippen MR) is 124 cm³/mol.